The first-order valence-corrected chi connectivity index (χ1v) is 10.4. The van der Waals surface area contributed by atoms with Gasteiger partial charge in [0.15, 0.2) is 11.6 Å². The van der Waals surface area contributed by atoms with E-state index in [0.29, 0.717) is 27.4 Å². The van der Waals surface area contributed by atoms with Crippen molar-refractivity contribution in [1.82, 2.24) is 9.55 Å². The number of Topliss-reactive ketones (excluding diaryl/α,β-unsaturated/α-hetero) is 1. The highest BCUT2D eigenvalue weighted by molar-refractivity contribution is 6.31. The van der Waals surface area contributed by atoms with E-state index in [1.165, 1.54) is 48.3 Å². The van der Waals surface area contributed by atoms with Crippen molar-refractivity contribution in [3.05, 3.63) is 105 Å². The third-order valence-electron chi connectivity index (χ3n) is 5.10. The third kappa shape index (κ3) is 4.73. The Morgan fingerprint density at radius 2 is 1.76 bits per heavy atom. The summed E-state index contributed by atoms with van der Waals surface area (Å²) in [6, 6.07) is 14.3. The second-order valence-electron chi connectivity index (χ2n) is 7.41. The Labute approximate surface area is 193 Å². The number of carbonyl (C=O) groups excluding carboxylic acids is 3. The second-order valence-corrected chi connectivity index (χ2v) is 7.85. The molecule has 0 saturated carbocycles. The van der Waals surface area contributed by atoms with Crippen molar-refractivity contribution >= 4 is 45.7 Å². The Bertz CT molecular complexity index is 1460. The molecule has 0 atom stereocenters. The summed E-state index contributed by atoms with van der Waals surface area (Å²) in [7, 11) is 0. The fourth-order valence-corrected chi connectivity index (χ4v) is 3.66. The number of nitrogens with zero attached hydrogens (tertiary/aromatic N) is 2. The molecule has 164 valence electrons. The number of fused-ring (bicyclic) bond motifs is 1. The molecule has 0 spiro atoms. The molecule has 0 aliphatic rings. The number of carbonyl (C=O) groups is 3. The number of benzene rings is 2. The number of ketones is 2. The van der Waals surface area contributed by atoms with Gasteiger partial charge in [-0.1, -0.05) is 23.7 Å². The van der Waals surface area contributed by atoms with E-state index in [-0.39, 0.29) is 23.3 Å². The lowest BCUT2D eigenvalue weighted by molar-refractivity contribution is -0.116. The molecule has 8 heteroatoms. The van der Waals surface area contributed by atoms with Crippen LogP contribution in [0.15, 0.2) is 78.0 Å². The largest absolute Gasteiger partial charge is 0.337 e. The molecule has 1 amide bonds. The van der Waals surface area contributed by atoms with Gasteiger partial charge in [-0.2, -0.15) is 0 Å². The number of pyridine rings is 2. The van der Waals surface area contributed by atoms with E-state index in [1.807, 2.05) is 0 Å². The lowest BCUT2D eigenvalue weighted by Gasteiger charge is -2.14. The van der Waals surface area contributed by atoms with Gasteiger partial charge in [0.2, 0.25) is 11.3 Å². The minimum atomic E-state index is -0.479. The molecule has 0 fully saturated rings. The van der Waals surface area contributed by atoms with Crippen LogP contribution in [0.5, 0.6) is 0 Å². The van der Waals surface area contributed by atoms with Gasteiger partial charge in [0, 0.05) is 45.8 Å². The molecule has 0 radical (unpaired) electrons. The zero-order valence-electron chi connectivity index (χ0n) is 17.5. The minimum absolute atomic E-state index is 0.0812. The number of hydrogen-bond donors (Lipinski definition) is 1. The smallest absolute Gasteiger partial charge is 0.244 e. The summed E-state index contributed by atoms with van der Waals surface area (Å²) in [5.74, 6) is -0.987. The molecule has 1 N–H and O–H groups in total. The first kappa shape index (κ1) is 22.1. The molecule has 33 heavy (non-hydrogen) atoms. The molecule has 2 heterocycles. The van der Waals surface area contributed by atoms with Crippen molar-refractivity contribution < 1.29 is 14.4 Å². The SMILES string of the molecule is CC(=O)c1cccc(NC(=O)Cn2cc(C(=O)c3ccncc3)c(=O)c3cc(Cl)ccc32)c1. The van der Waals surface area contributed by atoms with E-state index >= 15 is 0 Å². The maximum atomic E-state index is 13.1. The van der Waals surface area contributed by atoms with Gasteiger partial charge in [-0.05, 0) is 49.4 Å². The lowest BCUT2D eigenvalue weighted by Crippen LogP contribution is -2.24. The summed E-state index contributed by atoms with van der Waals surface area (Å²) in [4.78, 5) is 54.4. The van der Waals surface area contributed by atoms with Crippen LogP contribution in [0.25, 0.3) is 10.9 Å². The normalized spacial score (nSPS) is 10.7. The van der Waals surface area contributed by atoms with Gasteiger partial charge in [0.25, 0.3) is 0 Å². The molecule has 0 unspecified atom stereocenters. The van der Waals surface area contributed by atoms with Crippen LogP contribution in [-0.2, 0) is 11.3 Å². The standard InChI is InChI=1S/C25H18ClN3O4/c1-15(30)17-3-2-4-19(11-17)28-23(31)14-29-13-21(24(32)16-7-9-27-10-8-16)25(33)20-12-18(26)5-6-22(20)29/h2-13H,14H2,1H3,(H,28,31). The molecule has 2 aromatic carbocycles. The molecule has 0 aliphatic heterocycles. The Balaban J connectivity index is 1.74. The third-order valence-corrected chi connectivity index (χ3v) is 5.33. The zero-order valence-corrected chi connectivity index (χ0v) is 18.3. The van der Waals surface area contributed by atoms with Crippen LogP contribution in [0.1, 0.15) is 33.2 Å². The van der Waals surface area contributed by atoms with E-state index in [2.05, 4.69) is 10.3 Å². The summed E-state index contributed by atoms with van der Waals surface area (Å²) in [6.07, 6.45) is 4.31. The summed E-state index contributed by atoms with van der Waals surface area (Å²) < 4.78 is 1.53. The van der Waals surface area contributed by atoms with Crippen LogP contribution in [0.2, 0.25) is 5.02 Å². The highest BCUT2D eigenvalue weighted by atomic mass is 35.5. The molecule has 7 nitrogen and oxygen atoms in total. The van der Waals surface area contributed by atoms with Crippen LogP contribution < -0.4 is 10.7 Å². The van der Waals surface area contributed by atoms with Gasteiger partial charge in [0.05, 0.1) is 11.1 Å². The van der Waals surface area contributed by atoms with Crippen molar-refractivity contribution in [2.45, 2.75) is 13.5 Å². The maximum Gasteiger partial charge on any atom is 0.244 e. The van der Waals surface area contributed by atoms with Crippen LogP contribution >= 0.6 is 11.6 Å². The zero-order chi connectivity index (χ0) is 23.5. The van der Waals surface area contributed by atoms with Crippen molar-refractivity contribution in [3.63, 3.8) is 0 Å². The van der Waals surface area contributed by atoms with Gasteiger partial charge in [-0.15, -0.1) is 0 Å². The highest BCUT2D eigenvalue weighted by Gasteiger charge is 2.18. The van der Waals surface area contributed by atoms with Crippen molar-refractivity contribution in [1.29, 1.82) is 0 Å². The summed E-state index contributed by atoms with van der Waals surface area (Å²) in [5.41, 5.74) is 1.15. The van der Waals surface area contributed by atoms with E-state index in [9.17, 15) is 19.2 Å². The maximum absolute atomic E-state index is 13.1. The fourth-order valence-electron chi connectivity index (χ4n) is 3.49. The molecule has 0 aliphatic carbocycles. The van der Waals surface area contributed by atoms with Crippen molar-refractivity contribution in [2.24, 2.45) is 0 Å². The van der Waals surface area contributed by atoms with Crippen LogP contribution in [0.3, 0.4) is 0 Å². The van der Waals surface area contributed by atoms with Crippen LogP contribution in [0.4, 0.5) is 5.69 Å². The number of amides is 1. The van der Waals surface area contributed by atoms with Crippen LogP contribution in [-0.4, -0.2) is 27.0 Å². The molecular formula is C25H18ClN3O4. The minimum Gasteiger partial charge on any atom is -0.337 e. The average molecular weight is 460 g/mol. The molecule has 4 aromatic rings. The van der Waals surface area contributed by atoms with Gasteiger partial charge in [0.1, 0.15) is 6.54 Å². The quantitative estimate of drug-likeness (QED) is 0.437. The number of halogens is 1. The van der Waals surface area contributed by atoms with E-state index in [1.54, 1.807) is 36.4 Å². The monoisotopic (exact) mass is 459 g/mol. The van der Waals surface area contributed by atoms with E-state index in [0.717, 1.165) is 0 Å². The number of anilines is 1. The molecule has 0 saturated heterocycles. The fraction of sp³-hybridized carbons (Fsp3) is 0.0800. The van der Waals surface area contributed by atoms with Gasteiger partial charge in [-0.3, -0.25) is 24.2 Å². The second kappa shape index (κ2) is 9.18. The summed E-state index contributed by atoms with van der Waals surface area (Å²) in [6.45, 7) is 1.28. The van der Waals surface area contributed by atoms with Gasteiger partial charge < -0.3 is 9.88 Å². The van der Waals surface area contributed by atoms with E-state index in [4.69, 9.17) is 11.6 Å². The molecular weight excluding hydrogens is 442 g/mol. The summed E-state index contributed by atoms with van der Waals surface area (Å²) in [5, 5.41) is 3.32. The number of aromatic nitrogens is 2. The first-order valence-electron chi connectivity index (χ1n) is 10.0. The Morgan fingerprint density at radius 1 is 1.00 bits per heavy atom. The van der Waals surface area contributed by atoms with Gasteiger partial charge in [-0.25, -0.2) is 0 Å². The number of hydrogen-bond acceptors (Lipinski definition) is 5. The Kier molecular flexibility index (Phi) is 6.15. The Hall–Kier alpha value is -4.10. The number of nitrogens with one attached hydrogen (secondary N) is 1. The topological polar surface area (TPSA) is 98.1 Å². The summed E-state index contributed by atoms with van der Waals surface area (Å²) >= 11 is 6.10. The first-order chi connectivity index (χ1) is 15.8. The predicted molar refractivity (Wildman–Crippen MR) is 126 cm³/mol. The van der Waals surface area contributed by atoms with Gasteiger partial charge >= 0.3 is 0 Å². The highest BCUT2D eigenvalue weighted by Crippen LogP contribution is 2.19. The Morgan fingerprint density at radius 3 is 2.48 bits per heavy atom. The molecule has 2 aromatic heterocycles. The van der Waals surface area contributed by atoms with Crippen molar-refractivity contribution in [2.75, 3.05) is 5.32 Å². The van der Waals surface area contributed by atoms with Crippen molar-refractivity contribution in [3.8, 4) is 0 Å². The lowest BCUT2D eigenvalue weighted by atomic mass is 10.0. The number of rotatable bonds is 6. The van der Waals surface area contributed by atoms with E-state index < -0.39 is 17.1 Å². The average Bonchev–Trinajstić information content (AvgIpc) is 2.81. The predicted octanol–water partition coefficient (Wildman–Crippen LogP) is 4.12. The molecule has 0 bridgehead atoms. The van der Waals surface area contributed by atoms with Crippen LogP contribution in [0, 0.1) is 0 Å². The molecule has 4 rings (SSSR count).